The van der Waals surface area contributed by atoms with Gasteiger partial charge in [-0.05, 0) is 36.4 Å². The van der Waals surface area contributed by atoms with Crippen molar-refractivity contribution in [3.8, 4) is 28.5 Å². The summed E-state index contributed by atoms with van der Waals surface area (Å²) in [6, 6.07) is 10.4. The maximum Gasteiger partial charge on any atom is 0.255 e. The molecule has 0 fully saturated rings. The topological polar surface area (TPSA) is 101 Å². The van der Waals surface area contributed by atoms with E-state index in [9.17, 15) is 4.79 Å². The van der Waals surface area contributed by atoms with E-state index in [0.29, 0.717) is 57.9 Å². The van der Waals surface area contributed by atoms with Crippen molar-refractivity contribution in [1.29, 1.82) is 0 Å². The van der Waals surface area contributed by atoms with E-state index in [1.807, 2.05) is 0 Å². The van der Waals surface area contributed by atoms with Crippen LogP contribution in [0.1, 0.15) is 10.4 Å². The van der Waals surface area contributed by atoms with E-state index in [1.165, 1.54) is 0 Å². The van der Waals surface area contributed by atoms with Gasteiger partial charge >= 0.3 is 0 Å². The number of hydrogen-bond donors (Lipinski definition) is 2. The fourth-order valence-corrected chi connectivity index (χ4v) is 3.31. The molecule has 0 atom stereocenters. The monoisotopic (exact) mass is 414 g/mol. The second kappa shape index (κ2) is 8.02. The molecule has 0 spiro atoms. The lowest BCUT2D eigenvalue weighted by atomic mass is 10.1. The normalized spacial score (nSPS) is 12.1. The van der Waals surface area contributed by atoms with Crippen molar-refractivity contribution >= 4 is 23.2 Å². The van der Waals surface area contributed by atoms with E-state index in [4.69, 9.17) is 31.5 Å². The molecule has 0 saturated carbocycles. The number of nitrogens with one attached hydrogen (secondary N) is 1. The third-order valence-electron chi connectivity index (χ3n) is 4.40. The van der Waals surface area contributed by atoms with Gasteiger partial charge in [0.25, 0.3) is 5.91 Å². The zero-order valence-corrected chi connectivity index (χ0v) is 16.4. The first-order chi connectivity index (χ1) is 14.1. The molecule has 0 bridgehead atoms. The summed E-state index contributed by atoms with van der Waals surface area (Å²) in [4.78, 5) is 12.7. The largest absolute Gasteiger partial charge is 0.492 e. The van der Waals surface area contributed by atoms with Crippen LogP contribution in [0.5, 0.6) is 17.2 Å². The van der Waals surface area contributed by atoms with Crippen LogP contribution in [-0.2, 0) is 7.05 Å². The van der Waals surface area contributed by atoms with Crippen LogP contribution in [0.2, 0.25) is 5.02 Å². The third kappa shape index (κ3) is 3.85. The lowest BCUT2D eigenvalue weighted by Crippen LogP contribution is -2.13. The number of hydrogen-bond acceptors (Lipinski definition) is 6. The highest BCUT2D eigenvalue weighted by atomic mass is 35.5. The van der Waals surface area contributed by atoms with Crippen LogP contribution >= 0.6 is 11.6 Å². The first-order valence-corrected chi connectivity index (χ1v) is 9.30. The minimum Gasteiger partial charge on any atom is -0.492 e. The SMILES string of the molecule is Cn1ncc(Cl)c1-c1cc(NC(=O)c2ccc3c(c2)OCO3)ccc1OCCN. The number of aromatic nitrogens is 2. The van der Waals surface area contributed by atoms with Crippen LogP contribution in [0.15, 0.2) is 42.6 Å². The molecular weight excluding hydrogens is 396 g/mol. The first kappa shape index (κ1) is 19.1. The molecule has 9 heteroatoms. The summed E-state index contributed by atoms with van der Waals surface area (Å²) in [6.07, 6.45) is 1.56. The van der Waals surface area contributed by atoms with Crippen LogP contribution in [0.4, 0.5) is 5.69 Å². The lowest BCUT2D eigenvalue weighted by Gasteiger charge is -2.14. The Balaban J connectivity index is 1.64. The van der Waals surface area contributed by atoms with Gasteiger partial charge in [0.2, 0.25) is 6.79 Å². The fraction of sp³-hybridized carbons (Fsp3) is 0.200. The average Bonchev–Trinajstić information content (AvgIpc) is 3.32. The second-order valence-electron chi connectivity index (χ2n) is 6.33. The van der Waals surface area contributed by atoms with Gasteiger partial charge in [0.1, 0.15) is 12.4 Å². The highest BCUT2D eigenvalue weighted by molar-refractivity contribution is 6.33. The van der Waals surface area contributed by atoms with Crippen LogP contribution < -0.4 is 25.3 Å². The van der Waals surface area contributed by atoms with E-state index >= 15 is 0 Å². The van der Waals surface area contributed by atoms with Crippen molar-refractivity contribution in [1.82, 2.24) is 9.78 Å². The first-order valence-electron chi connectivity index (χ1n) is 8.92. The molecule has 1 aromatic heterocycles. The summed E-state index contributed by atoms with van der Waals surface area (Å²) < 4.78 is 18.0. The molecule has 1 amide bonds. The molecule has 4 rings (SSSR count). The van der Waals surface area contributed by atoms with E-state index in [2.05, 4.69) is 10.4 Å². The van der Waals surface area contributed by atoms with E-state index in [1.54, 1.807) is 54.3 Å². The number of nitrogens with two attached hydrogens (primary N) is 1. The zero-order chi connectivity index (χ0) is 20.4. The zero-order valence-electron chi connectivity index (χ0n) is 15.6. The Morgan fingerprint density at radius 2 is 2.10 bits per heavy atom. The minimum absolute atomic E-state index is 0.152. The van der Waals surface area contributed by atoms with Gasteiger partial charge in [0, 0.05) is 30.4 Å². The summed E-state index contributed by atoms with van der Waals surface area (Å²) in [5, 5.41) is 7.54. The highest BCUT2D eigenvalue weighted by Gasteiger charge is 2.18. The van der Waals surface area contributed by atoms with Crippen molar-refractivity contribution in [2.45, 2.75) is 0 Å². The van der Waals surface area contributed by atoms with Crippen LogP contribution in [0.25, 0.3) is 11.3 Å². The summed E-state index contributed by atoms with van der Waals surface area (Å²) in [6.45, 7) is 0.881. The fourth-order valence-electron chi connectivity index (χ4n) is 3.04. The number of fused-ring (bicyclic) bond motifs is 1. The molecule has 0 aliphatic carbocycles. The Morgan fingerprint density at radius 1 is 1.28 bits per heavy atom. The van der Waals surface area contributed by atoms with Gasteiger partial charge in [-0.2, -0.15) is 5.10 Å². The number of aryl methyl sites for hydroxylation is 1. The maximum atomic E-state index is 12.7. The number of benzene rings is 2. The van der Waals surface area contributed by atoms with Gasteiger partial charge < -0.3 is 25.3 Å². The van der Waals surface area contributed by atoms with E-state index in [0.717, 1.165) is 0 Å². The highest BCUT2D eigenvalue weighted by Crippen LogP contribution is 2.37. The van der Waals surface area contributed by atoms with Crippen LogP contribution in [-0.4, -0.2) is 35.6 Å². The summed E-state index contributed by atoms with van der Waals surface area (Å²) in [5.41, 5.74) is 7.98. The number of carbonyl (C=O) groups excluding carboxylic acids is 1. The van der Waals surface area contributed by atoms with Crippen molar-refractivity contribution in [2.75, 3.05) is 25.3 Å². The predicted octanol–water partition coefficient (Wildman–Crippen LogP) is 3.06. The van der Waals surface area contributed by atoms with Gasteiger partial charge in [0.05, 0.1) is 16.9 Å². The lowest BCUT2D eigenvalue weighted by molar-refractivity contribution is 0.102. The molecule has 3 aromatic rings. The molecule has 29 heavy (non-hydrogen) atoms. The quantitative estimate of drug-likeness (QED) is 0.643. The second-order valence-corrected chi connectivity index (χ2v) is 6.74. The van der Waals surface area contributed by atoms with Crippen LogP contribution in [0, 0.1) is 0 Å². The van der Waals surface area contributed by atoms with Gasteiger partial charge in [-0.15, -0.1) is 0 Å². The Bertz CT molecular complexity index is 1050. The molecule has 3 N–H and O–H groups in total. The Labute approximate surface area is 172 Å². The molecule has 0 saturated heterocycles. The molecule has 0 radical (unpaired) electrons. The number of amides is 1. The summed E-state index contributed by atoms with van der Waals surface area (Å²) >= 11 is 6.32. The maximum absolute atomic E-state index is 12.7. The molecule has 2 heterocycles. The molecular formula is C20H19ClN4O4. The van der Waals surface area contributed by atoms with Gasteiger partial charge in [0.15, 0.2) is 11.5 Å². The minimum atomic E-state index is -0.277. The van der Waals surface area contributed by atoms with Crippen molar-refractivity contribution in [2.24, 2.45) is 12.8 Å². The molecule has 0 unspecified atom stereocenters. The number of rotatable bonds is 6. The summed E-state index contributed by atoms with van der Waals surface area (Å²) in [5.74, 6) is 1.49. The Hall–Kier alpha value is -3.23. The molecule has 1 aliphatic heterocycles. The number of ether oxygens (including phenoxy) is 3. The number of nitrogens with zero attached hydrogens (tertiary/aromatic N) is 2. The summed E-state index contributed by atoms with van der Waals surface area (Å²) in [7, 11) is 1.78. The smallest absolute Gasteiger partial charge is 0.255 e. The standard InChI is InChI=1S/C20H19ClN4O4/c1-25-19(15(21)10-23-25)14-9-13(3-5-16(14)27-7-6-22)24-20(26)12-2-4-17-18(8-12)29-11-28-17/h2-5,8-10H,6-7,11,22H2,1H3,(H,24,26). The molecule has 1 aliphatic rings. The third-order valence-corrected chi connectivity index (χ3v) is 4.67. The number of carbonyl (C=O) groups is 1. The Kier molecular flexibility index (Phi) is 5.28. The van der Waals surface area contributed by atoms with Gasteiger partial charge in [-0.25, -0.2) is 0 Å². The van der Waals surface area contributed by atoms with Gasteiger partial charge in [-0.3, -0.25) is 9.48 Å². The Morgan fingerprint density at radius 3 is 2.86 bits per heavy atom. The number of anilines is 1. The molecule has 2 aromatic carbocycles. The predicted molar refractivity (Wildman–Crippen MR) is 109 cm³/mol. The van der Waals surface area contributed by atoms with E-state index < -0.39 is 0 Å². The van der Waals surface area contributed by atoms with Crippen molar-refractivity contribution in [3.05, 3.63) is 53.2 Å². The van der Waals surface area contributed by atoms with Crippen LogP contribution in [0.3, 0.4) is 0 Å². The van der Waals surface area contributed by atoms with Crippen molar-refractivity contribution in [3.63, 3.8) is 0 Å². The van der Waals surface area contributed by atoms with E-state index in [-0.39, 0.29) is 12.7 Å². The average molecular weight is 415 g/mol. The van der Waals surface area contributed by atoms with Crippen molar-refractivity contribution < 1.29 is 19.0 Å². The van der Waals surface area contributed by atoms with Gasteiger partial charge in [-0.1, -0.05) is 11.6 Å². The molecule has 150 valence electrons. The number of halogens is 1. The molecule has 8 nitrogen and oxygen atoms in total.